The summed E-state index contributed by atoms with van der Waals surface area (Å²) in [5, 5.41) is 0. The van der Waals surface area contributed by atoms with Crippen LogP contribution in [0.1, 0.15) is 46.4 Å². The number of amides is 2. The molecule has 0 N–H and O–H groups in total. The largest absolute Gasteiger partial charge is 0.451 e. The summed E-state index contributed by atoms with van der Waals surface area (Å²) < 4.78 is 70.4. The van der Waals surface area contributed by atoms with Crippen molar-refractivity contribution >= 4 is 11.8 Å². The fourth-order valence-corrected chi connectivity index (χ4v) is 5.84. The first kappa shape index (κ1) is 33.2. The van der Waals surface area contributed by atoms with Crippen LogP contribution in [-0.4, -0.2) is 97.9 Å². The number of halogens is 4. The van der Waals surface area contributed by atoms with Crippen LogP contribution >= 0.6 is 0 Å². The van der Waals surface area contributed by atoms with E-state index in [1.807, 2.05) is 14.1 Å². The van der Waals surface area contributed by atoms with E-state index in [1.54, 1.807) is 23.9 Å². The number of rotatable bonds is 8. The summed E-state index contributed by atoms with van der Waals surface area (Å²) in [6.45, 7) is 3.53. The van der Waals surface area contributed by atoms with Gasteiger partial charge in [-0.25, -0.2) is 0 Å². The summed E-state index contributed by atoms with van der Waals surface area (Å²) >= 11 is 0. The summed E-state index contributed by atoms with van der Waals surface area (Å²) in [5.41, 5.74) is 0.661. The monoisotopic (exact) mass is 642 g/mol. The maximum atomic E-state index is 15.0. The number of benzene rings is 3. The van der Waals surface area contributed by atoms with E-state index in [0.717, 1.165) is 51.9 Å². The highest BCUT2D eigenvalue weighted by molar-refractivity contribution is 5.95. The van der Waals surface area contributed by atoms with Crippen molar-refractivity contribution in [3.05, 3.63) is 82.9 Å². The van der Waals surface area contributed by atoms with Crippen LogP contribution in [-0.2, 0) is 0 Å². The molecule has 0 aromatic heterocycles. The van der Waals surface area contributed by atoms with E-state index >= 15 is 0 Å². The topological polar surface area (TPSA) is 65.6 Å². The molecule has 0 atom stereocenters. The van der Waals surface area contributed by atoms with E-state index in [0.29, 0.717) is 11.1 Å². The lowest BCUT2D eigenvalue weighted by Gasteiger charge is -2.35. The second-order valence-corrected chi connectivity index (χ2v) is 12.1. The Bertz CT molecular complexity index is 1410. The van der Waals surface area contributed by atoms with E-state index in [-0.39, 0.29) is 35.4 Å². The number of piperidine rings is 2. The Kier molecular flexibility index (Phi) is 10.2. The average Bonchev–Trinajstić information content (AvgIpc) is 3.07. The summed E-state index contributed by atoms with van der Waals surface area (Å²) in [4.78, 5) is 33.6. The van der Waals surface area contributed by atoms with Gasteiger partial charge in [0.25, 0.3) is 11.8 Å². The molecule has 0 bridgehead atoms. The van der Waals surface area contributed by atoms with Crippen molar-refractivity contribution in [1.29, 1.82) is 0 Å². The molecule has 0 spiro atoms. The third-order valence-electron chi connectivity index (χ3n) is 8.94. The number of hydrogen-bond acceptors (Lipinski definition) is 6. The van der Waals surface area contributed by atoms with Gasteiger partial charge in [-0.2, -0.15) is 17.6 Å². The van der Waals surface area contributed by atoms with Gasteiger partial charge in [0.2, 0.25) is 34.8 Å². The molecule has 0 radical (unpaired) electrons. The second kappa shape index (κ2) is 14.1. The van der Waals surface area contributed by atoms with Crippen LogP contribution in [0.4, 0.5) is 17.6 Å². The van der Waals surface area contributed by atoms with Crippen molar-refractivity contribution in [1.82, 2.24) is 19.6 Å². The van der Waals surface area contributed by atoms with Crippen molar-refractivity contribution < 1.29 is 36.6 Å². The van der Waals surface area contributed by atoms with E-state index in [9.17, 15) is 27.2 Å². The predicted octanol–water partition coefficient (Wildman–Crippen LogP) is 6.16. The molecular weight excluding hydrogens is 604 g/mol. The van der Waals surface area contributed by atoms with E-state index in [2.05, 4.69) is 9.80 Å². The van der Waals surface area contributed by atoms with Crippen molar-refractivity contribution in [2.45, 2.75) is 37.8 Å². The summed E-state index contributed by atoms with van der Waals surface area (Å²) in [6.07, 6.45) is 3.38. The second-order valence-electron chi connectivity index (χ2n) is 12.1. The standard InChI is InChI=1S/C34H38F4N4O4/c1-39-17-13-23(14-18-39)41(3)33(43)21-5-9-25(10-6-21)45-31-27(35)29(37)32(30(38)28(31)36)46-26-11-7-22(8-12-26)34(44)42(4)24-15-19-40(2)20-16-24/h5-12,23-24H,13-20H2,1-4H3. The average molecular weight is 643 g/mol. The SMILES string of the molecule is CN1CCC(N(C)C(=O)c2ccc(Oc3c(F)c(F)c(Oc4ccc(C(=O)N(C)C5CCN(C)CC5)cc4)c(F)c3F)cc2)CC1. The van der Waals surface area contributed by atoms with Crippen molar-refractivity contribution in [2.24, 2.45) is 0 Å². The van der Waals surface area contributed by atoms with Crippen molar-refractivity contribution in [3.8, 4) is 23.0 Å². The molecule has 3 aromatic rings. The Morgan fingerprint density at radius 2 is 0.870 bits per heavy atom. The highest BCUT2D eigenvalue weighted by atomic mass is 19.2. The number of nitrogens with zero attached hydrogens (tertiary/aromatic N) is 4. The number of ether oxygens (including phenoxy) is 2. The highest BCUT2D eigenvalue weighted by Gasteiger charge is 2.30. The maximum Gasteiger partial charge on any atom is 0.253 e. The van der Waals surface area contributed by atoms with E-state index in [4.69, 9.17) is 9.47 Å². The molecule has 46 heavy (non-hydrogen) atoms. The zero-order valence-electron chi connectivity index (χ0n) is 26.4. The van der Waals surface area contributed by atoms with Gasteiger partial charge in [0.05, 0.1) is 0 Å². The minimum absolute atomic E-state index is 0.0885. The van der Waals surface area contributed by atoms with E-state index in [1.165, 1.54) is 48.5 Å². The molecule has 3 aromatic carbocycles. The molecule has 12 heteroatoms. The fraction of sp³-hybridized carbons (Fsp3) is 0.412. The van der Waals surface area contributed by atoms with Gasteiger partial charge in [-0.05, 0) is 114 Å². The lowest BCUT2D eigenvalue weighted by molar-refractivity contribution is 0.0652. The quantitative estimate of drug-likeness (QED) is 0.217. The van der Waals surface area contributed by atoms with Crippen LogP contribution in [0.25, 0.3) is 0 Å². The molecule has 246 valence electrons. The number of carbonyl (C=O) groups is 2. The summed E-state index contributed by atoms with van der Waals surface area (Å²) in [6, 6.07) is 11.0. The highest BCUT2D eigenvalue weighted by Crippen LogP contribution is 2.39. The molecule has 2 aliphatic rings. The first-order chi connectivity index (χ1) is 21.9. The molecular formula is C34H38F4N4O4. The van der Waals surface area contributed by atoms with Crippen LogP contribution < -0.4 is 9.47 Å². The fourth-order valence-electron chi connectivity index (χ4n) is 5.84. The molecule has 0 saturated carbocycles. The zero-order chi connectivity index (χ0) is 33.1. The Hall–Kier alpha value is -4.16. The Labute approximate surface area is 266 Å². The van der Waals surface area contributed by atoms with Crippen LogP contribution in [0.5, 0.6) is 23.0 Å². The maximum absolute atomic E-state index is 15.0. The summed E-state index contributed by atoms with van der Waals surface area (Å²) in [5.74, 6) is -10.4. The smallest absolute Gasteiger partial charge is 0.253 e. The molecule has 2 saturated heterocycles. The molecule has 0 unspecified atom stereocenters. The molecule has 0 aliphatic carbocycles. The third kappa shape index (κ3) is 7.13. The first-order valence-electron chi connectivity index (χ1n) is 15.3. The molecule has 2 heterocycles. The summed E-state index contributed by atoms with van der Waals surface area (Å²) in [7, 11) is 7.51. The lowest BCUT2D eigenvalue weighted by atomic mass is 10.0. The van der Waals surface area contributed by atoms with Crippen LogP contribution in [0.2, 0.25) is 0 Å². The number of likely N-dealkylation sites (tertiary alicyclic amines) is 2. The Morgan fingerprint density at radius 1 is 0.587 bits per heavy atom. The van der Waals surface area contributed by atoms with Crippen molar-refractivity contribution in [3.63, 3.8) is 0 Å². The normalized spacial score (nSPS) is 16.7. The zero-order valence-corrected chi connectivity index (χ0v) is 26.4. The molecule has 2 amide bonds. The minimum Gasteiger partial charge on any atom is -0.451 e. The molecule has 2 fully saturated rings. The van der Waals surface area contributed by atoms with Gasteiger partial charge < -0.3 is 29.1 Å². The van der Waals surface area contributed by atoms with Crippen molar-refractivity contribution in [2.75, 3.05) is 54.4 Å². The number of carbonyl (C=O) groups excluding carboxylic acids is 2. The van der Waals surface area contributed by atoms with Gasteiger partial charge in [0, 0.05) is 37.3 Å². The van der Waals surface area contributed by atoms with Gasteiger partial charge in [0.1, 0.15) is 11.5 Å². The first-order valence-corrected chi connectivity index (χ1v) is 15.3. The van der Waals surface area contributed by atoms with Gasteiger partial charge in [-0.3, -0.25) is 9.59 Å². The third-order valence-corrected chi connectivity index (χ3v) is 8.94. The van der Waals surface area contributed by atoms with Gasteiger partial charge >= 0.3 is 0 Å². The molecule has 2 aliphatic heterocycles. The lowest BCUT2D eigenvalue weighted by Crippen LogP contribution is -2.44. The Balaban J connectivity index is 1.25. The van der Waals surface area contributed by atoms with Gasteiger partial charge in [-0.15, -0.1) is 0 Å². The predicted molar refractivity (Wildman–Crippen MR) is 165 cm³/mol. The number of hydrogen-bond donors (Lipinski definition) is 0. The van der Waals surface area contributed by atoms with Gasteiger partial charge in [0.15, 0.2) is 0 Å². The Morgan fingerprint density at radius 3 is 1.15 bits per heavy atom. The molecule has 8 nitrogen and oxygen atoms in total. The van der Waals surface area contributed by atoms with Crippen LogP contribution in [0.3, 0.4) is 0 Å². The van der Waals surface area contributed by atoms with Crippen LogP contribution in [0.15, 0.2) is 48.5 Å². The van der Waals surface area contributed by atoms with E-state index < -0.39 is 34.8 Å². The molecule has 5 rings (SSSR count). The van der Waals surface area contributed by atoms with Gasteiger partial charge in [-0.1, -0.05) is 0 Å². The van der Waals surface area contributed by atoms with Crippen LogP contribution in [0, 0.1) is 23.3 Å². The minimum atomic E-state index is -1.79.